The van der Waals surface area contributed by atoms with Gasteiger partial charge in [-0.15, -0.1) is 0 Å². The minimum atomic E-state index is -0.311. The fraction of sp³-hybridized carbons (Fsp3) is 0.400. The molecule has 1 fully saturated rings. The molecule has 1 saturated heterocycles. The Morgan fingerprint density at radius 1 is 1.07 bits per heavy atom. The van der Waals surface area contributed by atoms with E-state index < -0.39 is 0 Å². The van der Waals surface area contributed by atoms with Crippen LogP contribution in [0.15, 0.2) is 36.7 Å². The number of ether oxygens (including phenoxy) is 1. The van der Waals surface area contributed by atoms with Gasteiger partial charge < -0.3 is 24.8 Å². The normalized spacial score (nSPS) is 13.8. The van der Waals surface area contributed by atoms with Crippen LogP contribution in [0.25, 0.3) is 0 Å². The molecule has 0 radical (unpaired) electrons. The molecule has 3 rings (SSSR count). The van der Waals surface area contributed by atoms with E-state index in [4.69, 9.17) is 4.74 Å². The molecule has 1 aliphatic rings. The molecular weight excluding hydrogens is 372 g/mol. The van der Waals surface area contributed by atoms with Crippen LogP contribution in [0.4, 0.5) is 22.0 Å². The number of benzene rings is 1. The highest BCUT2D eigenvalue weighted by Crippen LogP contribution is 2.17. The quantitative estimate of drug-likeness (QED) is 0.824. The molecule has 0 atom stereocenters. The molecule has 0 saturated carbocycles. The van der Waals surface area contributed by atoms with Gasteiger partial charge in [0.25, 0.3) is 5.91 Å². The van der Waals surface area contributed by atoms with E-state index in [0.717, 1.165) is 5.69 Å². The lowest BCUT2D eigenvalue weighted by atomic mass is 10.2. The van der Waals surface area contributed by atoms with Crippen LogP contribution >= 0.6 is 0 Å². The van der Waals surface area contributed by atoms with Crippen LogP contribution in [0.3, 0.4) is 0 Å². The van der Waals surface area contributed by atoms with Gasteiger partial charge >= 0.3 is 6.09 Å². The van der Waals surface area contributed by atoms with Crippen molar-refractivity contribution < 1.29 is 14.3 Å². The summed E-state index contributed by atoms with van der Waals surface area (Å²) in [6.07, 6.45) is 2.77. The van der Waals surface area contributed by atoms with Crippen LogP contribution in [0.2, 0.25) is 0 Å². The number of aromatic nitrogens is 2. The van der Waals surface area contributed by atoms with E-state index in [1.165, 1.54) is 6.20 Å². The fourth-order valence-electron chi connectivity index (χ4n) is 2.97. The first kappa shape index (κ1) is 20.4. The summed E-state index contributed by atoms with van der Waals surface area (Å²) in [5.41, 5.74) is 1.99. The lowest BCUT2D eigenvalue weighted by molar-refractivity contribution is 0.101. The molecule has 1 N–H and O–H groups in total. The largest absolute Gasteiger partial charge is 0.450 e. The Morgan fingerprint density at radius 3 is 2.31 bits per heavy atom. The van der Waals surface area contributed by atoms with Gasteiger partial charge in [0.15, 0.2) is 0 Å². The summed E-state index contributed by atoms with van der Waals surface area (Å²) in [6.45, 7) is 4.56. The van der Waals surface area contributed by atoms with Gasteiger partial charge in [-0.1, -0.05) is 0 Å². The van der Waals surface area contributed by atoms with Crippen molar-refractivity contribution in [1.82, 2.24) is 14.9 Å². The highest BCUT2D eigenvalue weighted by molar-refractivity contribution is 6.02. The fourth-order valence-corrected chi connectivity index (χ4v) is 2.97. The standard InChI is InChI=1S/C20H26N6O3/c1-4-29-20(28)26-11-9-25(10-12-26)18-14-21-17(13-22-18)19(27)23-15-5-7-16(8-6-15)24(2)3/h5-8,13-14H,4,9-12H2,1-3H3,(H,23,27). The second-order valence-electron chi connectivity index (χ2n) is 6.83. The van der Waals surface area contributed by atoms with Gasteiger partial charge in [0.1, 0.15) is 11.5 Å². The smallest absolute Gasteiger partial charge is 0.409 e. The average molecular weight is 398 g/mol. The predicted molar refractivity (Wildman–Crippen MR) is 112 cm³/mol. The molecular formula is C20H26N6O3. The molecule has 154 valence electrons. The Hall–Kier alpha value is -3.36. The molecule has 0 spiro atoms. The summed E-state index contributed by atoms with van der Waals surface area (Å²) in [4.78, 5) is 38.5. The molecule has 0 aliphatic carbocycles. The lowest BCUT2D eigenvalue weighted by Crippen LogP contribution is -2.49. The van der Waals surface area contributed by atoms with Crippen molar-refractivity contribution in [2.75, 3.05) is 62.0 Å². The maximum Gasteiger partial charge on any atom is 0.409 e. The van der Waals surface area contributed by atoms with Crippen LogP contribution in [-0.4, -0.2) is 73.7 Å². The third-order valence-corrected chi connectivity index (χ3v) is 4.64. The maximum atomic E-state index is 12.4. The number of nitrogens with zero attached hydrogens (tertiary/aromatic N) is 5. The third-order valence-electron chi connectivity index (χ3n) is 4.64. The van der Waals surface area contributed by atoms with Gasteiger partial charge in [0.2, 0.25) is 0 Å². The van der Waals surface area contributed by atoms with Crippen molar-refractivity contribution in [3.05, 3.63) is 42.4 Å². The van der Waals surface area contributed by atoms with E-state index in [1.54, 1.807) is 18.0 Å². The van der Waals surface area contributed by atoms with Crippen molar-refractivity contribution >= 4 is 29.2 Å². The molecule has 2 amide bonds. The van der Waals surface area contributed by atoms with E-state index in [-0.39, 0.29) is 17.7 Å². The van der Waals surface area contributed by atoms with Crippen LogP contribution in [0.5, 0.6) is 0 Å². The van der Waals surface area contributed by atoms with Crippen molar-refractivity contribution in [2.45, 2.75) is 6.92 Å². The lowest BCUT2D eigenvalue weighted by Gasteiger charge is -2.34. The van der Waals surface area contributed by atoms with Gasteiger partial charge in [-0.25, -0.2) is 14.8 Å². The van der Waals surface area contributed by atoms with Gasteiger partial charge in [-0.05, 0) is 31.2 Å². The van der Waals surface area contributed by atoms with Gasteiger partial charge in [-0.3, -0.25) is 4.79 Å². The average Bonchev–Trinajstić information content (AvgIpc) is 2.74. The summed E-state index contributed by atoms with van der Waals surface area (Å²) in [5, 5.41) is 2.82. The number of carbonyl (C=O) groups excluding carboxylic acids is 2. The molecule has 1 aromatic heterocycles. The molecule has 1 aliphatic heterocycles. The zero-order valence-corrected chi connectivity index (χ0v) is 17.0. The van der Waals surface area contributed by atoms with Crippen molar-refractivity contribution in [1.29, 1.82) is 0 Å². The zero-order valence-electron chi connectivity index (χ0n) is 17.0. The molecule has 9 nitrogen and oxygen atoms in total. The van der Waals surface area contributed by atoms with Crippen molar-refractivity contribution in [3.63, 3.8) is 0 Å². The second kappa shape index (κ2) is 9.22. The molecule has 9 heteroatoms. The van der Waals surface area contributed by atoms with E-state index in [1.807, 2.05) is 48.2 Å². The number of piperazine rings is 1. The minimum Gasteiger partial charge on any atom is -0.450 e. The third kappa shape index (κ3) is 5.13. The second-order valence-corrected chi connectivity index (χ2v) is 6.83. The van der Waals surface area contributed by atoms with Gasteiger partial charge in [0.05, 0.1) is 19.0 Å². The highest BCUT2D eigenvalue weighted by atomic mass is 16.6. The maximum absolute atomic E-state index is 12.4. The molecule has 0 bridgehead atoms. The minimum absolute atomic E-state index is 0.246. The number of hydrogen-bond acceptors (Lipinski definition) is 7. The summed E-state index contributed by atoms with van der Waals surface area (Å²) in [5.74, 6) is 0.370. The molecule has 0 unspecified atom stereocenters. The number of anilines is 3. The number of amides is 2. The zero-order chi connectivity index (χ0) is 20.8. The summed E-state index contributed by atoms with van der Waals surface area (Å²) in [7, 11) is 3.92. The monoisotopic (exact) mass is 398 g/mol. The number of nitrogens with one attached hydrogen (secondary N) is 1. The first-order chi connectivity index (χ1) is 14.0. The van der Waals surface area contributed by atoms with Crippen LogP contribution in [0.1, 0.15) is 17.4 Å². The number of rotatable bonds is 5. The molecule has 2 aromatic rings. The number of hydrogen-bond donors (Lipinski definition) is 1. The van der Waals surface area contributed by atoms with E-state index in [0.29, 0.717) is 44.3 Å². The van der Waals surface area contributed by atoms with E-state index in [9.17, 15) is 9.59 Å². The Bertz CT molecular complexity index is 830. The Labute approximate surface area is 170 Å². The van der Waals surface area contributed by atoms with Crippen LogP contribution in [-0.2, 0) is 4.74 Å². The summed E-state index contributed by atoms with van der Waals surface area (Å²) < 4.78 is 5.03. The predicted octanol–water partition coefficient (Wildman–Crippen LogP) is 2.07. The van der Waals surface area contributed by atoms with E-state index in [2.05, 4.69) is 15.3 Å². The van der Waals surface area contributed by atoms with Crippen molar-refractivity contribution in [3.8, 4) is 0 Å². The van der Waals surface area contributed by atoms with E-state index >= 15 is 0 Å². The summed E-state index contributed by atoms with van der Waals surface area (Å²) >= 11 is 0. The molecule has 2 heterocycles. The number of carbonyl (C=O) groups is 2. The van der Waals surface area contributed by atoms with Gasteiger partial charge in [-0.2, -0.15) is 0 Å². The summed E-state index contributed by atoms with van der Waals surface area (Å²) in [6, 6.07) is 7.55. The highest BCUT2D eigenvalue weighted by Gasteiger charge is 2.23. The Kier molecular flexibility index (Phi) is 6.48. The molecule has 1 aromatic carbocycles. The van der Waals surface area contributed by atoms with Gasteiger partial charge in [0, 0.05) is 51.6 Å². The Morgan fingerprint density at radius 2 is 1.76 bits per heavy atom. The van der Waals surface area contributed by atoms with Crippen LogP contribution < -0.4 is 15.1 Å². The first-order valence-corrected chi connectivity index (χ1v) is 9.55. The molecule has 29 heavy (non-hydrogen) atoms. The first-order valence-electron chi connectivity index (χ1n) is 9.55. The topological polar surface area (TPSA) is 90.9 Å². The SMILES string of the molecule is CCOC(=O)N1CCN(c2cnc(C(=O)Nc3ccc(N(C)C)cc3)cn2)CC1. The van der Waals surface area contributed by atoms with Crippen molar-refractivity contribution in [2.24, 2.45) is 0 Å². The van der Waals surface area contributed by atoms with Crippen LogP contribution in [0, 0.1) is 0 Å². The Balaban J connectivity index is 1.56.